The van der Waals surface area contributed by atoms with Crippen molar-refractivity contribution in [2.45, 2.75) is 6.92 Å². The van der Waals surface area contributed by atoms with Crippen molar-refractivity contribution >= 4 is 17.3 Å². The van der Waals surface area contributed by atoms with Crippen molar-refractivity contribution in [3.05, 3.63) is 42.0 Å². The van der Waals surface area contributed by atoms with Crippen molar-refractivity contribution < 1.29 is 19.0 Å². The molecule has 0 aliphatic heterocycles. The third-order valence-electron chi connectivity index (χ3n) is 3.47. The van der Waals surface area contributed by atoms with Crippen LogP contribution >= 0.6 is 0 Å². The van der Waals surface area contributed by atoms with Gasteiger partial charge < -0.3 is 24.8 Å². The number of hydrogen-bond acceptors (Lipinski definition) is 5. The van der Waals surface area contributed by atoms with Gasteiger partial charge in [0.25, 0.3) is 0 Å². The number of carbonyl (C=O) groups is 1. The number of rotatable bonds is 7. The normalized spacial score (nSPS) is 10.0. The summed E-state index contributed by atoms with van der Waals surface area (Å²) in [6, 6.07) is 11.0. The smallest absolute Gasteiger partial charge is 0.243 e. The van der Waals surface area contributed by atoms with E-state index in [1.165, 1.54) is 0 Å². The van der Waals surface area contributed by atoms with Crippen molar-refractivity contribution in [2.24, 2.45) is 0 Å². The lowest BCUT2D eigenvalue weighted by atomic mass is 10.2. The molecule has 2 aromatic rings. The molecule has 0 heterocycles. The van der Waals surface area contributed by atoms with Crippen LogP contribution in [0, 0.1) is 6.92 Å². The minimum absolute atomic E-state index is 0.118. The largest absolute Gasteiger partial charge is 0.495 e. The monoisotopic (exact) mass is 330 g/mol. The van der Waals surface area contributed by atoms with E-state index in [9.17, 15) is 4.79 Å². The summed E-state index contributed by atoms with van der Waals surface area (Å²) >= 11 is 0. The second kappa shape index (κ2) is 8.10. The molecule has 0 saturated heterocycles. The summed E-state index contributed by atoms with van der Waals surface area (Å²) in [6.07, 6.45) is 0. The van der Waals surface area contributed by atoms with Crippen LogP contribution in [0.3, 0.4) is 0 Å². The topological polar surface area (TPSA) is 68.8 Å². The SMILES string of the molecule is COc1ccc(C)cc1NC(=O)CNc1ccc(OC)c(OC)c1. The maximum absolute atomic E-state index is 12.2. The van der Waals surface area contributed by atoms with E-state index >= 15 is 0 Å². The summed E-state index contributed by atoms with van der Waals surface area (Å²) in [5.74, 6) is 1.69. The van der Waals surface area contributed by atoms with E-state index in [1.54, 1.807) is 33.5 Å². The molecule has 6 heteroatoms. The Morgan fingerprint density at radius 1 is 0.917 bits per heavy atom. The van der Waals surface area contributed by atoms with Gasteiger partial charge in [-0.1, -0.05) is 6.07 Å². The Morgan fingerprint density at radius 3 is 2.25 bits per heavy atom. The van der Waals surface area contributed by atoms with Crippen molar-refractivity contribution in [1.29, 1.82) is 0 Å². The molecule has 2 N–H and O–H groups in total. The average molecular weight is 330 g/mol. The zero-order valence-electron chi connectivity index (χ0n) is 14.3. The zero-order valence-corrected chi connectivity index (χ0v) is 14.3. The highest BCUT2D eigenvalue weighted by Crippen LogP contribution is 2.29. The zero-order chi connectivity index (χ0) is 17.5. The molecule has 0 atom stereocenters. The molecule has 0 aliphatic rings. The Labute approximate surface area is 141 Å². The molecule has 0 spiro atoms. The van der Waals surface area contributed by atoms with Crippen molar-refractivity contribution in [3.8, 4) is 17.2 Å². The van der Waals surface area contributed by atoms with Crippen LogP contribution in [0.4, 0.5) is 11.4 Å². The van der Waals surface area contributed by atoms with Crippen LogP contribution in [0.2, 0.25) is 0 Å². The lowest BCUT2D eigenvalue weighted by Gasteiger charge is -2.13. The van der Waals surface area contributed by atoms with Gasteiger partial charge in [-0.3, -0.25) is 4.79 Å². The molecular weight excluding hydrogens is 308 g/mol. The number of nitrogens with one attached hydrogen (secondary N) is 2. The average Bonchev–Trinajstić information content (AvgIpc) is 2.59. The van der Waals surface area contributed by atoms with Gasteiger partial charge in [-0.25, -0.2) is 0 Å². The third-order valence-corrected chi connectivity index (χ3v) is 3.47. The predicted octanol–water partition coefficient (Wildman–Crippen LogP) is 3.07. The van der Waals surface area contributed by atoms with Gasteiger partial charge in [-0.2, -0.15) is 0 Å². The summed E-state index contributed by atoms with van der Waals surface area (Å²) in [4.78, 5) is 12.2. The second-order valence-electron chi connectivity index (χ2n) is 5.18. The van der Waals surface area contributed by atoms with Gasteiger partial charge in [0.05, 0.1) is 33.6 Å². The minimum Gasteiger partial charge on any atom is -0.495 e. The lowest BCUT2D eigenvalue weighted by Crippen LogP contribution is -2.22. The van der Waals surface area contributed by atoms with Crippen molar-refractivity contribution in [2.75, 3.05) is 38.5 Å². The maximum atomic E-state index is 12.2. The van der Waals surface area contributed by atoms with Crippen molar-refractivity contribution in [1.82, 2.24) is 0 Å². The second-order valence-corrected chi connectivity index (χ2v) is 5.18. The fraction of sp³-hybridized carbons (Fsp3) is 0.278. The molecule has 1 amide bonds. The van der Waals surface area contributed by atoms with Crippen LogP contribution in [-0.4, -0.2) is 33.8 Å². The predicted molar refractivity (Wildman–Crippen MR) is 94.4 cm³/mol. The molecule has 0 radical (unpaired) electrons. The minimum atomic E-state index is -0.173. The van der Waals surface area contributed by atoms with Gasteiger partial charge >= 0.3 is 0 Å². The van der Waals surface area contributed by atoms with E-state index in [0.29, 0.717) is 22.9 Å². The van der Waals surface area contributed by atoms with Gasteiger partial charge in [0.1, 0.15) is 5.75 Å². The van der Waals surface area contributed by atoms with Gasteiger partial charge in [0.2, 0.25) is 5.91 Å². The van der Waals surface area contributed by atoms with E-state index in [2.05, 4.69) is 10.6 Å². The number of aryl methyl sites for hydroxylation is 1. The number of anilines is 2. The number of carbonyl (C=O) groups excluding carboxylic acids is 1. The summed E-state index contributed by atoms with van der Waals surface area (Å²) < 4.78 is 15.7. The van der Waals surface area contributed by atoms with Crippen LogP contribution < -0.4 is 24.8 Å². The van der Waals surface area contributed by atoms with Crippen LogP contribution in [0.25, 0.3) is 0 Å². The van der Waals surface area contributed by atoms with Gasteiger partial charge in [-0.15, -0.1) is 0 Å². The fourth-order valence-electron chi connectivity index (χ4n) is 2.24. The number of hydrogen-bond donors (Lipinski definition) is 2. The molecule has 0 aromatic heterocycles. The molecule has 0 bridgehead atoms. The Hall–Kier alpha value is -2.89. The molecule has 6 nitrogen and oxygen atoms in total. The number of amides is 1. The van der Waals surface area contributed by atoms with Crippen LogP contribution in [0.15, 0.2) is 36.4 Å². The number of benzene rings is 2. The Balaban J connectivity index is 2.00. The summed E-state index contributed by atoms with van der Waals surface area (Å²) in [5, 5.41) is 5.90. The Morgan fingerprint density at radius 2 is 1.58 bits per heavy atom. The summed E-state index contributed by atoms with van der Waals surface area (Å²) in [5.41, 5.74) is 2.45. The quantitative estimate of drug-likeness (QED) is 0.816. The highest BCUT2D eigenvalue weighted by molar-refractivity contribution is 5.95. The van der Waals surface area contributed by atoms with Crippen LogP contribution in [0.1, 0.15) is 5.56 Å². The van der Waals surface area contributed by atoms with E-state index in [-0.39, 0.29) is 12.5 Å². The maximum Gasteiger partial charge on any atom is 0.243 e. The molecule has 2 rings (SSSR count). The Kier molecular flexibility index (Phi) is 5.89. The van der Waals surface area contributed by atoms with E-state index in [1.807, 2.05) is 31.2 Å². The van der Waals surface area contributed by atoms with Gasteiger partial charge in [-0.05, 0) is 36.8 Å². The highest BCUT2D eigenvalue weighted by atomic mass is 16.5. The molecule has 2 aromatic carbocycles. The fourth-order valence-corrected chi connectivity index (χ4v) is 2.24. The van der Waals surface area contributed by atoms with E-state index < -0.39 is 0 Å². The highest BCUT2D eigenvalue weighted by Gasteiger charge is 2.09. The summed E-state index contributed by atoms with van der Waals surface area (Å²) in [6.45, 7) is 2.07. The lowest BCUT2D eigenvalue weighted by molar-refractivity contribution is -0.114. The molecule has 0 unspecified atom stereocenters. The first kappa shape index (κ1) is 17.5. The van der Waals surface area contributed by atoms with Crippen LogP contribution in [-0.2, 0) is 4.79 Å². The first-order chi connectivity index (χ1) is 11.6. The van der Waals surface area contributed by atoms with E-state index in [4.69, 9.17) is 14.2 Å². The third kappa shape index (κ3) is 4.32. The number of methoxy groups -OCH3 is 3. The molecule has 24 heavy (non-hydrogen) atoms. The van der Waals surface area contributed by atoms with E-state index in [0.717, 1.165) is 11.3 Å². The molecule has 0 fully saturated rings. The number of ether oxygens (including phenoxy) is 3. The summed E-state index contributed by atoms with van der Waals surface area (Å²) in [7, 11) is 4.72. The van der Waals surface area contributed by atoms with Gasteiger partial charge in [0, 0.05) is 11.8 Å². The Bertz CT molecular complexity index is 716. The first-order valence-corrected chi connectivity index (χ1v) is 7.47. The van der Waals surface area contributed by atoms with Crippen LogP contribution in [0.5, 0.6) is 17.2 Å². The molecule has 128 valence electrons. The standard InChI is InChI=1S/C18H22N2O4/c1-12-5-7-15(22-2)14(9-12)20-18(21)11-19-13-6-8-16(23-3)17(10-13)24-4/h5-10,19H,11H2,1-4H3,(H,20,21). The van der Waals surface area contributed by atoms with Gasteiger partial charge in [0.15, 0.2) is 11.5 Å². The molecule has 0 saturated carbocycles. The molecular formula is C18H22N2O4. The molecule has 0 aliphatic carbocycles. The van der Waals surface area contributed by atoms with Crippen molar-refractivity contribution in [3.63, 3.8) is 0 Å². The first-order valence-electron chi connectivity index (χ1n) is 7.47.